The van der Waals surface area contributed by atoms with Crippen molar-refractivity contribution < 1.29 is 23.9 Å². The number of hydrogen-bond donors (Lipinski definition) is 2. The van der Waals surface area contributed by atoms with Gasteiger partial charge in [0.1, 0.15) is 6.29 Å². The molecule has 7 nitrogen and oxygen atoms in total. The minimum absolute atomic E-state index is 0.268. The topological polar surface area (TPSA) is 108 Å². The van der Waals surface area contributed by atoms with Crippen molar-refractivity contribution in [2.75, 3.05) is 19.0 Å². The summed E-state index contributed by atoms with van der Waals surface area (Å²) < 4.78 is 10.5. The number of hydrogen-bond acceptors (Lipinski definition) is 5. The molecule has 3 N–H and O–H groups in total. The van der Waals surface area contributed by atoms with Crippen LogP contribution >= 0.6 is 0 Å². The molecule has 0 saturated heterocycles. The summed E-state index contributed by atoms with van der Waals surface area (Å²) in [6, 6.07) is 10.8. The van der Waals surface area contributed by atoms with E-state index in [0.29, 0.717) is 34.6 Å². The van der Waals surface area contributed by atoms with Gasteiger partial charge in [-0.2, -0.15) is 0 Å². The molecule has 0 spiro atoms. The third kappa shape index (κ3) is 4.33. The molecule has 0 aromatic heterocycles. The number of primary amides is 1. The van der Waals surface area contributed by atoms with E-state index in [4.69, 9.17) is 15.2 Å². The van der Waals surface area contributed by atoms with Gasteiger partial charge in [0.05, 0.1) is 7.11 Å². The fraction of sp³-hybridized carbons (Fsp3) is 0.118. The van der Waals surface area contributed by atoms with Crippen LogP contribution in [0.1, 0.15) is 20.7 Å². The molecular formula is C17H16N2O5. The SMILES string of the molecule is COc1ccc(C=O)cc1OCC(=O)Nc1ccc(C(N)=O)cc1. The second-order valence-electron chi connectivity index (χ2n) is 4.81. The van der Waals surface area contributed by atoms with Gasteiger partial charge in [-0.1, -0.05) is 0 Å². The van der Waals surface area contributed by atoms with Crippen LogP contribution in [0.4, 0.5) is 5.69 Å². The lowest BCUT2D eigenvalue weighted by molar-refractivity contribution is -0.118. The molecule has 2 rings (SSSR count). The van der Waals surface area contributed by atoms with Crippen LogP contribution in [-0.4, -0.2) is 31.8 Å². The smallest absolute Gasteiger partial charge is 0.262 e. The number of methoxy groups -OCH3 is 1. The standard InChI is InChI=1S/C17H16N2O5/c1-23-14-7-2-11(9-20)8-15(14)24-10-16(21)19-13-5-3-12(4-6-13)17(18)22/h2-9H,10H2,1H3,(H2,18,22)(H,19,21). The molecule has 0 aliphatic heterocycles. The second kappa shape index (κ2) is 7.77. The first kappa shape index (κ1) is 17.0. The maximum absolute atomic E-state index is 11.9. The van der Waals surface area contributed by atoms with E-state index in [9.17, 15) is 14.4 Å². The Morgan fingerprint density at radius 3 is 2.42 bits per heavy atom. The summed E-state index contributed by atoms with van der Waals surface area (Å²) in [5, 5.41) is 2.62. The van der Waals surface area contributed by atoms with Crippen molar-refractivity contribution >= 4 is 23.8 Å². The summed E-state index contributed by atoms with van der Waals surface area (Å²) in [4.78, 5) is 33.7. The lowest BCUT2D eigenvalue weighted by atomic mass is 10.2. The first-order valence-corrected chi connectivity index (χ1v) is 6.99. The van der Waals surface area contributed by atoms with Gasteiger partial charge in [0.2, 0.25) is 5.91 Å². The zero-order valence-electron chi connectivity index (χ0n) is 12.9. The van der Waals surface area contributed by atoms with Crippen molar-refractivity contribution in [1.82, 2.24) is 0 Å². The van der Waals surface area contributed by atoms with E-state index in [1.54, 1.807) is 24.3 Å². The highest BCUT2D eigenvalue weighted by atomic mass is 16.5. The number of rotatable bonds is 7. The van der Waals surface area contributed by atoms with Gasteiger partial charge in [-0.25, -0.2) is 0 Å². The molecule has 0 bridgehead atoms. The highest BCUT2D eigenvalue weighted by Gasteiger charge is 2.09. The number of aldehydes is 1. The summed E-state index contributed by atoms with van der Waals surface area (Å²) in [6.45, 7) is -0.268. The molecule has 0 atom stereocenters. The number of carbonyl (C=O) groups excluding carboxylic acids is 3. The van der Waals surface area contributed by atoms with Crippen molar-refractivity contribution in [3.8, 4) is 11.5 Å². The quantitative estimate of drug-likeness (QED) is 0.751. The number of nitrogens with one attached hydrogen (secondary N) is 1. The van der Waals surface area contributed by atoms with Gasteiger partial charge in [-0.15, -0.1) is 0 Å². The van der Waals surface area contributed by atoms with Crippen molar-refractivity contribution in [3.05, 3.63) is 53.6 Å². The number of amides is 2. The maximum atomic E-state index is 11.9. The number of benzene rings is 2. The van der Waals surface area contributed by atoms with E-state index in [-0.39, 0.29) is 6.61 Å². The van der Waals surface area contributed by atoms with Gasteiger partial charge in [0.25, 0.3) is 5.91 Å². The molecule has 124 valence electrons. The average Bonchev–Trinajstić information content (AvgIpc) is 2.60. The Labute approximate surface area is 138 Å². The molecule has 2 aromatic rings. The van der Waals surface area contributed by atoms with Crippen LogP contribution < -0.4 is 20.5 Å². The maximum Gasteiger partial charge on any atom is 0.262 e. The molecular weight excluding hydrogens is 312 g/mol. The van der Waals surface area contributed by atoms with E-state index in [0.717, 1.165) is 0 Å². The van der Waals surface area contributed by atoms with Crippen LogP contribution in [0, 0.1) is 0 Å². The van der Waals surface area contributed by atoms with Crippen LogP contribution in [0.3, 0.4) is 0 Å². The number of carbonyl (C=O) groups is 3. The number of ether oxygens (including phenoxy) is 2. The van der Waals surface area contributed by atoms with Crippen LogP contribution in [0.2, 0.25) is 0 Å². The number of anilines is 1. The normalized spacial score (nSPS) is 9.88. The van der Waals surface area contributed by atoms with Crippen LogP contribution in [0.15, 0.2) is 42.5 Å². The van der Waals surface area contributed by atoms with Crippen molar-refractivity contribution in [3.63, 3.8) is 0 Å². The molecule has 0 unspecified atom stereocenters. The third-order valence-electron chi connectivity index (χ3n) is 3.14. The van der Waals surface area contributed by atoms with Gasteiger partial charge in [-0.3, -0.25) is 14.4 Å². The highest BCUT2D eigenvalue weighted by Crippen LogP contribution is 2.27. The molecule has 0 aliphatic carbocycles. The summed E-state index contributed by atoms with van der Waals surface area (Å²) in [5.41, 5.74) is 6.40. The minimum atomic E-state index is -0.543. The zero-order valence-corrected chi connectivity index (χ0v) is 12.9. The summed E-state index contributed by atoms with van der Waals surface area (Å²) in [7, 11) is 1.46. The van der Waals surface area contributed by atoms with Crippen molar-refractivity contribution in [1.29, 1.82) is 0 Å². The lowest BCUT2D eigenvalue weighted by Crippen LogP contribution is -2.20. The van der Waals surface area contributed by atoms with Gasteiger partial charge in [-0.05, 0) is 42.5 Å². The first-order chi connectivity index (χ1) is 11.5. The molecule has 0 fully saturated rings. The van der Waals surface area contributed by atoms with Crippen molar-refractivity contribution in [2.45, 2.75) is 0 Å². The average molecular weight is 328 g/mol. The van der Waals surface area contributed by atoms with Crippen LogP contribution in [0.5, 0.6) is 11.5 Å². The predicted molar refractivity (Wildman–Crippen MR) is 87.5 cm³/mol. The molecule has 2 amide bonds. The highest BCUT2D eigenvalue weighted by molar-refractivity contribution is 5.95. The molecule has 7 heteroatoms. The predicted octanol–water partition coefficient (Wildman–Crippen LogP) is 1.62. The van der Waals surface area contributed by atoms with Crippen LogP contribution in [-0.2, 0) is 4.79 Å². The Kier molecular flexibility index (Phi) is 5.51. The van der Waals surface area contributed by atoms with Gasteiger partial charge in [0.15, 0.2) is 18.1 Å². The van der Waals surface area contributed by atoms with E-state index >= 15 is 0 Å². The lowest BCUT2D eigenvalue weighted by Gasteiger charge is -2.11. The number of nitrogens with two attached hydrogens (primary N) is 1. The van der Waals surface area contributed by atoms with Gasteiger partial charge >= 0.3 is 0 Å². The Morgan fingerprint density at radius 2 is 1.83 bits per heavy atom. The van der Waals surface area contributed by atoms with E-state index in [1.807, 2.05) is 0 Å². The molecule has 2 aromatic carbocycles. The first-order valence-electron chi connectivity index (χ1n) is 6.99. The fourth-order valence-corrected chi connectivity index (χ4v) is 1.94. The molecule has 0 radical (unpaired) electrons. The molecule has 0 saturated carbocycles. The summed E-state index contributed by atoms with van der Waals surface area (Å²) >= 11 is 0. The summed E-state index contributed by atoms with van der Waals surface area (Å²) in [6.07, 6.45) is 0.673. The van der Waals surface area contributed by atoms with Crippen LogP contribution in [0.25, 0.3) is 0 Å². The van der Waals surface area contributed by atoms with Crippen molar-refractivity contribution in [2.24, 2.45) is 5.73 Å². The largest absolute Gasteiger partial charge is 0.493 e. The second-order valence-corrected chi connectivity index (χ2v) is 4.81. The van der Waals surface area contributed by atoms with Gasteiger partial charge < -0.3 is 20.5 Å². The third-order valence-corrected chi connectivity index (χ3v) is 3.14. The van der Waals surface area contributed by atoms with E-state index in [2.05, 4.69) is 5.32 Å². The molecule has 0 aliphatic rings. The molecule has 24 heavy (non-hydrogen) atoms. The van der Waals surface area contributed by atoms with E-state index in [1.165, 1.54) is 25.3 Å². The Hall–Kier alpha value is -3.35. The Bertz CT molecular complexity index is 756. The van der Waals surface area contributed by atoms with E-state index < -0.39 is 11.8 Å². The fourth-order valence-electron chi connectivity index (χ4n) is 1.94. The zero-order chi connectivity index (χ0) is 17.5. The monoisotopic (exact) mass is 328 g/mol. The summed E-state index contributed by atoms with van der Waals surface area (Å²) in [5.74, 6) is -0.237. The minimum Gasteiger partial charge on any atom is -0.493 e. The molecule has 0 heterocycles. The van der Waals surface area contributed by atoms with Gasteiger partial charge in [0, 0.05) is 16.8 Å². The Morgan fingerprint density at radius 1 is 1.12 bits per heavy atom. The Balaban J connectivity index is 1.98.